The third-order valence-corrected chi connectivity index (χ3v) is 5.57. The predicted octanol–water partition coefficient (Wildman–Crippen LogP) is 3.03. The lowest BCUT2D eigenvalue weighted by Crippen LogP contribution is -2.44. The highest BCUT2D eigenvalue weighted by atomic mass is 32.2. The lowest BCUT2D eigenvalue weighted by molar-refractivity contribution is 0.583. The van der Waals surface area contributed by atoms with Crippen LogP contribution in [0.25, 0.3) is 0 Å². The Labute approximate surface area is 125 Å². The molecule has 0 amide bonds. The Morgan fingerprint density at radius 1 is 1.30 bits per heavy atom. The summed E-state index contributed by atoms with van der Waals surface area (Å²) >= 11 is 2.04. The second-order valence-corrected chi connectivity index (χ2v) is 7.44. The first-order chi connectivity index (χ1) is 9.76. The van der Waals surface area contributed by atoms with E-state index in [1.165, 1.54) is 30.6 Å². The van der Waals surface area contributed by atoms with Crippen molar-refractivity contribution >= 4 is 17.7 Å². The molecule has 20 heavy (non-hydrogen) atoms. The van der Waals surface area contributed by atoms with E-state index in [2.05, 4.69) is 52.9 Å². The fraction of sp³-hybridized carbons (Fsp3) is 0.562. The molecule has 1 atom stereocenters. The van der Waals surface area contributed by atoms with E-state index in [0.29, 0.717) is 10.8 Å². The molecule has 1 heterocycles. The maximum absolute atomic E-state index is 4.50. The van der Waals surface area contributed by atoms with Gasteiger partial charge in [-0.25, -0.2) is 0 Å². The van der Waals surface area contributed by atoms with E-state index in [1.54, 1.807) is 0 Å². The standard InChI is InChI=1S/C16H23N3S/c1-13-11-17-15(19-13)18-12-16(9-5-6-10-16)20-14-7-3-2-4-8-14/h2-4,7-8,13H,5-6,9-12H2,1H3,(H2,17,18,19). The lowest BCUT2D eigenvalue weighted by atomic mass is 10.1. The van der Waals surface area contributed by atoms with Crippen LogP contribution in [0.1, 0.15) is 32.6 Å². The number of thioether (sulfide) groups is 1. The molecule has 0 aromatic heterocycles. The van der Waals surface area contributed by atoms with Crippen molar-refractivity contribution in [1.29, 1.82) is 0 Å². The first-order valence-corrected chi connectivity index (χ1v) is 8.36. The van der Waals surface area contributed by atoms with E-state index in [9.17, 15) is 0 Å². The van der Waals surface area contributed by atoms with Gasteiger partial charge in [0.1, 0.15) is 0 Å². The highest BCUT2D eigenvalue weighted by Gasteiger charge is 2.35. The molecule has 4 heteroatoms. The number of nitrogens with zero attached hydrogens (tertiary/aromatic N) is 1. The third-order valence-electron chi connectivity index (χ3n) is 4.08. The van der Waals surface area contributed by atoms with Crippen molar-refractivity contribution in [3.63, 3.8) is 0 Å². The van der Waals surface area contributed by atoms with Gasteiger partial charge in [0.2, 0.25) is 0 Å². The van der Waals surface area contributed by atoms with Gasteiger partial charge in [0.05, 0.1) is 6.54 Å². The van der Waals surface area contributed by atoms with Crippen LogP contribution in [0.15, 0.2) is 40.2 Å². The number of nitrogens with one attached hydrogen (secondary N) is 2. The summed E-state index contributed by atoms with van der Waals surface area (Å²) in [4.78, 5) is 5.88. The zero-order valence-corrected chi connectivity index (χ0v) is 12.9. The normalized spacial score (nSPS) is 24.2. The summed E-state index contributed by atoms with van der Waals surface area (Å²) in [6.07, 6.45) is 5.28. The van der Waals surface area contributed by atoms with Gasteiger partial charge in [0, 0.05) is 22.2 Å². The summed E-state index contributed by atoms with van der Waals surface area (Å²) in [5, 5.41) is 6.92. The summed E-state index contributed by atoms with van der Waals surface area (Å²) in [5.74, 6) is 0.984. The molecule has 2 N–H and O–H groups in total. The molecule has 0 saturated heterocycles. The first-order valence-electron chi connectivity index (χ1n) is 7.55. The Bertz CT molecular complexity index is 466. The van der Waals surface area contributed by atoms with Crippen molar-refractivity contribution in [2.45, 2.75) is 48.3 Å². The SMILES string of the molecule is CC1CN=C(NCC2(Sc3ccccc3)CCCC2)N1. The van der Waals surface area contributed by atoms with Crippen LogP contribution in [0, 0.1) is 0 Å². The summed E-state index contributed by atoms with van der Waals surface area (Å²) in [5.41, 5.74) is 0. The van der Waals surface area contributed by atoms with E-state index in [1.807, 2.05) is 11.8 Å². The zero-order chi connectivity index (χ0) is 13.8. The Kier molecular flexibility index (Phi) is 4.20. The van der Waals surface area contributed by atoms with Gasteiger partial charge in [0.15, 0.2) is 5.96 Å². The second-order valence-electron chi connectivity index (χ2n) is 5.89. The molecule has 1 saturated carbocycles. The van der Waals surface area contributed by atoms with Crippen molar-refractivity contribution < 1.29 is 0 Å². The Hall–Kier alpha value is -1.16. The molecule has 1 aromatic carbocycles. The minimum Gasteiger partial charge on any atom is -0.355 e. The molecule has 1 aliphatic carbocycles. The second kappa shape index (κ2) is 6.08. The van der Waals surface area contributed by atoms with Gasteiger partial charge in [-0.15, -0.1) is 11.8 Å². The van der Waals surface area contributed by atoms with Gasteiger partial charge >= 0.3 is 0 Å². The van der Waals surface area contributed by atoms with Gasteiger partial charge in [-0.1, -0.05) is 31.0 Å². The van der Waals surface area contributed by atoms with Crippen molar-refractivity contribution in [2.24, 2.45) is 4.99 Å². The molecule has 1 aromatic rings. The number of hydrogen-bond donors (Lipinski definition) is 2. The quantitative estimate of drug-likeness (QED) is 0.894. The number of guanidine groups is 1. The molecule has 1 fully saturated rings. The number of benzene rings is 1. The van der Waals surface area contributed by atoms with Gasteiger partial charge < -0.3 is 10.6 Å². The summed E-state index contributed by atoms with van der Waals surface area (Å²) in [6.45, 7) is 4.06. The monoisotopic (exact) mass is 289 g/mol. The zero-order valence-electron chi connectivity index (χ0n) is 12.1. The molecule has 3 nitrogen and oxygen atoms in total. The minimum atomic E-state index is 0.331. The number of hydrogen-bond acceptors (Lipinski definition) is 4. The fourth-order valence-corrected chi connectivity index (χ4v) is 4.41. The van der Waals surface area contributed by atoms with Gasteiger partial charge in [-0.05, 0) is 31.9 Å². The van der Waals surface area contributed by atoms with Crippen LogP contribution < -0.4 is 10.6 Å². The van der Waals surface area contributed by atoms with Crippen LogP contribution in [0.3, 0.4) is 0 Å². The van der Waals surface area contributed by atoms with E-state index in [4.69, 9.17) is 0 Å². The van der Waals surface area contributed by atoms with E-state index in [-0.39, 0.29) is 0 Å². The molecule has 0 spiro atoms. The maximum atomic E-state index is 4.50. The van der Waals surface area contributed by atoms with Crippen molar-refractivity contribution in [3.8, 4) is 0 Å². The Morgan fingerprint density at radius 3 is 2.70 bits per heavy atom. The van der Waals surface area contributed by atoms with Crippen molar-refractivity contribution in [3.05, 3.63) is 30.3 Å². The molecule has 1 aliphatic heterocycles. The maximum Gasteiger partial charge on any atom is 0.191 e. The van der Waals surface area contributed by atoms with E-state index in [0.717, 1.165) is 19.0 Å². The summed E-state index contributed by atoms with van der Waals surface area (Å²) < 4.78 is 0.331. The number of rotatable bonds is 4. The van der Waals surface area contributed by atoms with E-state index >= 15 is 0 Å². The van der Waals surface area contributed by atoms with E-state index < -0.39 is 0 Å². The van der Waals surface area contributed by atoms with Crippen LogP contribution in [0.2, 0.25) is 0 Å². The summed E-state index contributed by atoms with van der Waals surface area (Å²) in [7, 11) is 0. The first kappa shape index (κ1) is 13.8. The third kappa shape index (κ3) is 3.29. The largest absolute Gasteiger partial charge is 0.355 e. The Balaban J connectivity index is 1.62. The average Bonchev–Trinajstić information content (AvgIpc) is 3.08. The van der Waals surface area contributed by atoms with Crippen LogP contribution >= 0.6 is 11.8 Å². The molecule has 1 unspecified atom stereocenters. The lowest BCUT2D eigenvalue weighted by Gasteiger charge is -2.29. The van der Waals surface area contributed by atoms with Crippen LogP contribution in [0.4, 0.5) is 0 Å². The summed E-state index contributed by atoms with van der Waals surface area (Å²) in [6, 6.07) is 11.3. The topological polar surface area (TPSA) is 36.4 Å². The smallest absolute Gasteiger partial charge is 0.191 e. The molecule has 108 valence electrons. The molecule has 0 bridgehead atoms. The van der Waals surface area contributed by atoms with Crippen molar-refractivity contribution in [2.75, 3.05) is 13.1 Å². The van der Waals surface area contributed by atoms with Gasteiger partial charge in [-0.2, -0.15) is 0 Å². The molecule has 2 aliphatic rings. The average molecular weight is 289 g/mol. The van der Waals surface area contributed by atoms with Crippen LogP contribution in [-0.2, 0) is 0 Å². The van der Waals surface area contributed by atoms with Gasteiger partial charge in [0.25, 0.3) is 0 Å². The fourth-order valence-electron chi connectivity index (χ4n) is 2.98. The molecular formula is C16H23N3S. The predicted molar refractivity (Wildman–Crippen MR) is 86.4 cm³/mol. The molecule has 3 rings (SSSR count). The van der Waals surface area contributed by atoms with Crippen molar-refractivity contribution in [1.82, 2.24) is 10.6 Å². The Morgan fingerprint density at radius 2 is 2.05 bits per heavy atom. The molecular weight excluding hydrogens is 266 g/mol. The highest BCUT2D eigenvalue weighted by molar-refractivity contribution is 8.00. The minimum absolute atomic E-state index is 0.331. The van der Waals surface area contributed by atoms with Crippen LogP contribution in [0.5, 0.6) is 0 Å². The highest BCUT2D eigenvalue weighted by Crippen LogP contribution is 2.44. The van der Waals surface area contributed by atoms with Gasteiger partial charge in [-0.3, -0.25) is 4.99 Å². The van der Waals surface area contributed by atoms with Crippen LogP contribution in [-0.4, -0.2) is 29.8 Å². The molecule has 0 radical (unpaired) electrons. The number of aliphatic imine (C=N–C) groups is 1.